The van der Waals surface area contributed by atoms with Crippen LogP contribution < -0.4 is 31.9 Å². The molecule has 3 aliphatic heterocycles. The molecule has 9 amide bonds. The zero-order valence-corrected chi connectivity index (χ0v) is 71.8. The van der Waals surface area contributed by atoms with Crippen molar-refractivity contribution in [3.05, 3.63) is 25.0 Å². The number of nitrogens with one attached hydrogen (secondary N) is 6. The number of amides is 9. The van der Waals surface area contributed by atoms with E-state index < -0.39 is 184 Å². The molecule has 17 atom stereocenters. The van der Waals surface area contributed by atoms with Gasteiger partial charge in [0, 0.05) is 131 Å². The Balaban J connectivity index is 1.48. The highest BCUT2D eigenvalue weighted by molar-refractivity contribution is 7.47. The molecule has 3 heterocycles. The lowest BCUT2D eigenvalue weighted by molar-refractivity contribution is -0.270. The number of carbonyl (C=O) groups is 9. The SMILES string of the molecule is C=CC=COCCN(CCOP(=O)(O)OCCN(CCOP(=O)(O)OCCN(CCO)C(=O)CCCCCNC(=O)CCCCCOC1OC(CO)C(O)C(O)C1NC(C)=O)C(=O)CCCCCNC(=O)CCCCCOC1OC(CO)C(O)C(O)C1NC(C)=O)C(=O)CCCCCNC(=O)CCCCCOC1OC(CO)C(O)C(O)C1NC(C)=O. The fourth-order valence-corrected chi connectivity index (χ4v) is 14.4. The summed E-state index contributed by atoms with van der Waals surface area (Å²) in [5.74, 6) is -3.25. The van der Waals surface area contributed by atoms with Crippen LogP contribution in [0.25, 0.3) is 0 Å². The number of unbranched alkanes of at least 4 members (excludes halogenated alkanes) is 12. The Morgan fingerprint density at radius 2 is 0.645 bits per heavy atom. The number of hydrogen-bond acceptors (Lipinski definition) is 32. The summed E-state index contributed by atoms with van der Waals surface area (Å²) >= 11 is 0. The fourth-order valence-electron chi connectivity index (χ4n) is 13.0. The maximum Gasteiger partial charge on any atom is 0.472 e. The number of allylic oxidation sites excluding steroid dienone is 2. The normalized spacial score (nSPS) is 23.9. The molecule has 0 spiro atoms. The lowest BCUT2D eigenvalue weighted by Gasteiger charge is -2.42. The molecular formula is C76H137N9O34P2. The first kappa shape index (κ1) is 109. The van der Waals surface area contributed by atoms with E-state index in [9.17, 15) is 113 Å². The number of hydrogen-bond donors (Lipinski definition) is 18. The Morgan fingerprint density at radius 3 is 0.917 bits per heavy atom. The molecule has 0 bridgehead atoms. The lowest BCUT2D eigenvalue weighted by atomic mass is 9.97. The number of nitrogens with zero attached hydrogens (tertiary/aromatic N) is 3. The summed E-state index contributed by atoms with van der Waals surface area (Å²) in [6.45, 7) is 3.26. The molecule has 121 heavy (non-hydrogen) atoms. The minimum Gasteiger partial charge on any atom is -0.499 e. The van der Waals surface area contributed by atoms with Gasteiger partial charge < -0.3 is 141 Å². The quantitative estimate of drug-likeness (QED) is 0.0136. The Labute approximate surface area is 707 Å². The lowest BCUT2D eigenvalue weighted by Crippen LogP contribution is -2.64. The number of phosphoric ester groups is 2. The summed E-state index contributed by atoms with van der Waals surface area (Å²) in [6.07, 6.45) is -1.22. The topological polar surface area (TPSA) is 614 Å². The minimum atomic E-state index is -4.87. The summed E-state index contributed by atoms with van der Waals surface area (Å²) in [5, 5.41) is 117. The third kappa shape index (κ3) is 46.2. The fraction of sp³-hybridized carbons (Fsp3) is 0.829. The zero-order chi connectivity index (χ0) is 89.6. The molecule has 0 aromatic rings. The van der Waals surface area contributed by atoms with Gasteiger partial charge in [-0.2, -0.15) is 0 Å². The second-order valence-electron chi connectivity index (χ2n) is 29.4. The van der Waals surface area contributed by atoms with Gasteiger partial charge in [-0.1, -0.05) is 51.2 Å². The maximum absolute atomic E-state index is 13.8. The first-order chi connectivity index (χ1) is 57.8. The minimum absolute atomic E-state index is 0.0456. The van der Waals surface area contributed by atoms with E-state index in [0.29, 0.717) is 129 Å². The molecule has 18 N–H and O–H groups in total. The molecular weight excluding hydrogens is 1640 g/mol. The molecule has 0 saturated carbocycles. The molecule has 3 saturated heterocycles. The Bertz CT molecular complexity index is 3130. The zero-order valence-electron chi connectivity index (χ0n) is 70.0. The third-order valence-electron chi connectivity index (χ3n) is 19.6. The smallest absolute Gasteiger partial charge is 0.472 e. The van der Waals surface area contributed by atoms with Crippen LogP contribution in [0.1, 0.15) is 175 Å². The third-order valence-corrected chi connectivity index (χ3v) is 21.6. The number of carbonyl (C=O) groups excluding carboxylic acids is 9. The second kappa shape index (κ2) is 63.1. The van der Waals surface area contributed by atoms with Crippen molar-refractivity contribution in [2.24, 2.45) is 0 Å². The van der Waals surface area contributed by atoms with Gasteiger partial charge in [0.1, 0.15) is 79.7 Å². The van der Waals surface area contributed by atoms with E-state index in [1.54, 1.807) is 6.08 Å². The monoisotopic (exact) mass is 1780 g/mol. The molecule has 0 radical (unpaired) electrons. The van der Waals surface area contributed by atoms with Crippen molar-refractivity contribution in [2.75, 3.05) is 138 Å². The summed E-state index contributed by atoms with van der Waals surface area (Å²) in [6, 6.07) is -3.22. The molecule has 45 heteroatoms. The summed E-state index contributed by atoms with van der Waals surface area (Å²) in [5.41, 5.74) is 0. The van der Waals surface area contributed by atoms with Crippen LogP contribution in [0.2, 0.25) is 0 Å². The van der Waals surface area contributed by atoms with Crippen molar-refractivity contribution in [2.45, 2.75) is 267 Å². The number of rotatable bonds is 68. The van der Waals surface area contributed by atoms with Gasteiger partial charge in [0.05, 0.1) is 65.7 Å². The molecule has 0 aromatic carbocycles. The summed E-state index contributed by atoms with van der Waals surface area (Å²) in [7, 11) is -9.73. The van der Waals surface area contributed by atoms with E-state index >= 15 is 0 Å². The van der Waals surface area contributed by atoms with Crippen molar-refractivity contribution in [1.29, 1.82) is 0 Å². The largest absolute Gasteiger partial charge is 0.499 e. The summed E-state index contributed by atoms with van der Waals surface area (Å²) < 4.78 is 86.6. The molecule has 0 aliphatic carbocycles. The van der Waals surface area contributed by atoms with Crippen LogP contribution in [0.5, 0.6) is 0 Å². The van der Waals surface area contributed by atoms with Gasteiger partial charge in [-0.05, 0) is 83.1 Å². The van der Waals surface area contributed by atoms with E-state index in [0.717, 1.165) is 0 Å². The molecule has 0 aromatic heterocycles. The second-order valence-corrected chi connectivity index (χ2v) is 32.3. The van der Waals surface area contributed by atoms with Crippen LogP contribution in [-0.2, 0) is 104 Å². The maximum atomic E-state index is 13.8. The molecule has 17 unspecified atom stereocenters. The molecule has 3 aliphatic rings. The van der Waals surface area contributed by atoms with Gasteiger partial charge in [-0.3, -0.25) is 61.2 Å². The van der Waals surface area contributed by atoms with E-state index in [2.05, 4.69) is 38.5 Å². The average Bonchev–Trinajstić information content (AvgIpc) is 0.818. The van der Waals surface area contributed by atoms with Gasteiger partial charge in [-0.25, -0.2) is 9.13 Å². The van der Waals surface area contributed by atoms with Crippen molar-refractivity contribution in [3.8, 4) is 0 Å². The van der Waals surface area contributed by atoms with E-state index in [4.69, 9.17) is 51.3 Å². The van der Waals surface area contributed by atoms with Crippen LogP contribution in [0.3, 0.4) is 0 Å². The average molecular weight is 1780 g/mol. The molecule has 43 nitrogen and oxygen atoms in total. The van der Waals surface area contributed by atoms with E-state index in [1.165, 1.54) is 47.8 Å². The van der Waals surface area contributed by atoms with Crippen LogP contribution in [0.4, 0.5) is 0 Å². The van der Waals surface area contributed by atoms with Crippen molar-refractivity contribution in [3.63, 3.8) is 0 Å². The molecule has 3 fully saturated rings. The van der Waals surface area contributed by atoms with E-state index in [1.807, 2.05) is 0 Å². The number of ether oxygens (including phenoxy) is 7. The van der Waals surface area contributed by atoms with Gasteiger partial charge in [0.2, 0.25) is 53.2 Å². The summed E-state index contributed by atoms with van der Waals surface area (Å²) in [4.78, 5) is 139. The van der Waals surface area contributed by atoms with Crippen LogP contribution in [0.15, 0.2) is 25.0 Å². The van der Waals surface area contributed by atoms with Gasteiger partial charge in [-0.15, -0.1) is 0 Å². The van der Waals surface area contributed by atoms with Crippen molar-refractivity contribution >= 4 is 68.8 Å². The number of phosphoric acid groups is 2. The number of aliphatic hydroxyl groups excluding tert-OH is 10. The van der Waals surface area contributed by atoms with Gasteiger partial charge in [0.15, 0.2) is 18.9 Å². The standard InChI is InChI=1S/C76H137N9O34P2/c1-5-6-41-109-45-35-84(63(97)29-17-8-20-32-78-60(94)26-14-11-23-43-111-75-66(81-54(3)91)72(103)69(100)57(51-88)118-75)37-47-114-121(107,108)116-49-39-85(64(98)30-18-9-21-33-79-61(95)27-15-12-24-44-112-76-67(82-55(4)92)73(104)70(101)58(52-89)119-76)38-48-115-120(105,106)113-46-36-83(34-40-86)62(96)28-16-7-19-31-77-59(93)25-13-10-22-42-110-74-65(80-53(2)90)71(102)68(99)56(50-87)117-74/h5-6,41,56-58,65-76,86-89,99-104H,1,7-40,42-52H2,2-4H3,(H,77,93)(H,78,94)(H,79,95)(H,80,90)(H,81,91)(H,82,92)(H,105,106)(H,107,108). The van der Waals surface area contributed by atoms with Crippen LogP contribution in [0, 0.1) is 0 Å². The highest BCUT2D eigenvalue weighted by atomic mass is 31.2. The van der Waals surface area contributed by atoms with Crippen LogP contribution >= 0.6 is 15.6 Å². The highest BCUT2D eigenvalue weighted by Crippen LogP contribution is 2.44. The Morgan fingerprint density at radius 1 is 0.372 bits per heavy atom. The highest BCUT2D eigenvalue weighted by Gasteiger charge is 2.48. The van der Waals surface area contributed by atoms with Crippen molar-refractivity contribution < 1.29 is 164 Å². The Hall–Kier alpha value is -5.91. The predicted molar refractivity (Wildman–Crippen MR) is 429 cm³/mol. The van der Waals surface area contributed by atoms with E-state index in [-0.39, 0.29) is 140 Å². The Kier molecular flexibility index (Phi) is 57.0. The number of aliphatic hydroxyl groups is 10. The van der Waals surface area contributed by atoms with Gasteiger partial charge >= 0.3 is 15.6 Å². The first-order valence-electron chi connectivity index (χ1n) is 41.7. The first-order valence-corrected chi connectivity index (χ1v) is 44.7. The van der Waals surface area contributed by atoms with Crippen molar-refractivity contribution in [1.82, 2.24) is 46.6 Å². The van der Waals surface area contributed by atoms with Crippen LogP contribution in [-0.4, -0.2) is 359 Å². The van der Waals surface area contributed by atoms with Gasteiger partial charge in [0.25, 0.3) is 0 Å². The molecule has 700 valence electrons. The molecule has 3 rings (SSSR count). The predicted octanol–water partition coefficient (Wildman–Crippen LogP) is -1.96.